The second-order valence-corrected chi connectivity index (χ2v) is 4.75. The molecular formula is C16H15N3O. The van der Waals surface area contributed by atoms with E-state index in [2.05, 4.69) is 10.3 Å². The Bertz CT molecular complexity index is 772. The molecule has 0 unspecified atom stereocenters. The van der Waals surface area contributed by atoms with Gasteiger partial charge in [0.05, 0.1) is 5.69 Å². The molecule has 100 valence electrons. The predicted molar refractivity (Wildman–Crippen MR) is 81.8 cm³/mol. The fourth-order valence-electron chi connectivity index (χ4n) is 2.26. The predicted octanol–water partition coefficient (Wildman–Crippen LogP) is 3.31. The molecule has 4 heteroatoms. The van der Waals surface area contributed by atoms with Gasteiger partial charge in [0, 0.05) is 27.8 Å². The molecule has 1 amide bonds. The summed E-state index contributed by atoms with van der Waals surface area (Å²) in [7, 11) is 0. The van der Waals surface area contributed by atoms with Crippen molar-refractivity contribution >= 4 is 28.2 Å². The third-order valence-corrected chi connectivity index (χ3v) is 3.30. The highest BCUT2D eigenvalue weighted by Crippen LogP contribution is 2.27. The number of nitrogens with one attached hydrogen (secondary N) is 2. The highest BCUT2D eigenvalue weighted by molar-refractivity contribution is 6.09. The van der Waals surface area contributed by atoms with Crippen molar-refractivity contribution in [2.75, 3.05) is 11.1 Å². The van der Waals surface area contributed by atoms with E-state index in [1.165, 1.54) is 0 Å². The number of fused-ring (bicyclic) bond motifs is 1. The molecule has 3 rings (SSSR count). The highest BCUT2D eigenvalue weighted by Gasteiger charge is 2.12. The van der Waals surface area contributed by atoms with Crippen LogP contribution in [0.1, 0.15) is 16.1 Å². The zero-order valence-electron chi connectivity index (χ0n) is 11.1. The summed E-state index contributed by atoms with van der Waals surface area (Å²) in [4.78, 5) is 15.5. The fourth-order valence-corrected chi connectivity index (χ4v) is 2.26. The molecule has 0 bridgehead atoms. The molecule has 0 fully saturated rings. The Hall–Kier alpha value is -2.75. The van der Waals surface area contributed by atoms with Crippen LogP contribution in [0.3, 0.4) is 0 Å². The molecule has 0 radical (unpaired) electrons. The van der Waals surface area contributed by atoms with Crippen molar-refractivity contribution in [3.05, 3.63) is 59.8 Å². The van der Waals surface area contributed by atoms with Crippen LogP contribution in [0.25, 0.3) is 10.9 Å². The van der Waals surface area contributed by atoms with Gasteiger partial charge in [-0.05, 0) is 37.3 Å². The molecule has 20 heavy (non-hydrogen) atoms. The summed E-state index contributed by atoms with van der Waals surface area (Å²) in [5.41, 5.74) is 9.63. The molecule has 0 saturated carbocycles. The van der Waals surface area contributed by atoms with E-state index < -0.39 is 0 Å². The molecular weight excluding hydrogens is 250 g/mol. The third-order valence-electron chi connectivity index (χ3n) is 3.30. The van der Waals surface area contributed by atoms with Crippen LogP contribution >= 0.6 is 0 Å². The molecule has 1 aromatic heterocycles. The van der Waals surface area contributed by atoms with Gasteiger partial charge in [-0.1, -0.05) is 18.2 Å². The Morgan fingerprint density at radius 3 is 2.55 bits per heavy atom. The highest BCUT2D eigenvalue weighted by atomic mass is 16.1. The van der Waals surface area contributed by atoms with E-state index in [0.29, 0.717) is 11.3 Å². The number of carbonyl (C=O) groups is 1. The molecule has 0 atom stereocenters. The number of aryl methyl sites for hydroxylation is 1. The molecule has 4 nitrogen and oxygen atoms in total. The first-order valence-corrected chi connectivity index (χ1v) is 6.39. The number of para-hydroxylation sites is 1. The van der Waals surface area contributed by atoms with Gasteiger partial charge in [-0.3, -0.25) is 4.79 Å². The Kier molecular flexibility index (Phi) is 2.91. The summed E-state index contributed by atoms with van der Waals surface area (Å²) in [5, 5.41) is 3.97. The first-order chi connectivity index (χ1) is 9.65. The van der Waals surface area contributed by atoms with Gasteiger partial charge in [0.1, 0.15) is 0 Å². The van der Waals surface area contributed by atoms with Crippen LogP contribution in [0, 0.1) is 6.92 Å². The molecule has 0 saturated heterocycles. The normalized spacial score (nSPS) is 10.7. The summed E-state index contributed by atoms with van der Waals surface area (Å²) in [6.07, 6.45) is 0. The van der Waals surface area contributed by atoms with Crippen molar-refractivity contribution in [3.63, 3.8) is 0 Å². The number of benzene rings is 2. The smallest absolute Gasteiger partial charge is 0.255 e. The summed E-state index contributed by atoms with van der Waals surface area (Å²) < 4.78 is 0. The van der Waals surface area contributed by atoms with Crippen molar-refractivity contribution < 1.29 is 4.79 Å². The minimum absolute atomic E-state index is 0.141. The van der Waals surface area contributed by atoms with Crippen LogP contribution in [-0.4, -0.2) is 10.9 Å². The number of H-pyrrole nitrogens is 1. The first kappa shape index (κ1) is 12.3. The number of hydrogen-bond acceptors (Lipinski definition) is 2. The molecule has 1 heterocycles. The van der Waals surface area contributed by atoms with E-state index in [9.17, 15) is 4.79 Å². The van der Waals surface area contributed by atoms with E-state index in [1.54, 1.807) is 24.3 Å². The number of aromatic nitrogens is 1. The molecule has 2 aromatic carbocycles. The number of rotatable bonds is 2. The maximum atomic E-state index is 12.3. The lowest BCUT2D eigenvalue weighted by Gasteiger charge is -2.06. The molecule has 4 N–H and O–H groups in total. The molecule has 0 spiro atoms. The van der Waals surface area contributed by atoms with Crippen molar-refractivity contribution in [3.8, 4) is 0 Å². The van der Waals surface area contributed by atoms with Crippen LogP contribution < -0.4 is 11.1 Å². The minimum Gasteiger partial charge on any atom is -0.399 e. The van der Waals surface area contributed by atoms with E-state index in [4.69, 9.17) is 5.73 Å². The van der Waals surface area contributed by atoms with Gasteiger partial charge in [-0.25, -0.2) is 0 Å². The lowest BCUT2D eigenvalue weighted by molar-refractivity contribution is 0.102. The Morgan fingerprint density at radius 2 is 1.80 bits per heavy atom. The Morgan fingerprint density at radius 1 is 1.10 bits per heavy atom. The van der Waals surface area contributed by atoms with Crippen LogP contribution in [0.5, 0.6) is 0 Å². The maximum Gasteiger partial charge on any atom is 0.255 e. The molecule has 3 aromatic rings. The van der Waals surface area contributed by atoms with E-state index in [-0.39, 0.29) is 5.91 Å². The van der Waals surface area contributed by atoms with Crippen molar-refractivity contribution in [1.82, 2.24) is 4.98 Å². The van der Waals surface area contributed by atoms with Crippen LogP contribution in [0.15, 0.2) is 48.5 Å². The summed E-state index contributed by atoms with van der Waals surface area (Å²) in [6, 6.07) is 14.8. The van der Waals surface area contributed by atoms with Gasteiger partial charge in [0.15, 0.2) is 0 Å². The molecule has 0 aliphatic rings. The number of amides is 1. The zero-order valence-corrected chi connectivity index (χ0v) is 11.1. The fraction of sp³-hybridized carbons (Fsp3) is 0.0625. The van der Waals surface area contributed by atoms with Crippen LogP contribution in [0.4, 0.5) is 11.4 Å². The average Bonchev–Trinajstić information content (AvgIpc) is 2.76. The molecule has 0 aliphatic heterocycles. The maximum absolute atomic E-state index is 12.3. The number of nitrogens with two attached hydrogens (primary N) is 1. The topological polar surface area (TPSA) is 70.9 Å². The number of anilines is 2. The Balaban J connectivity index is 1.95. The largest absolute Gasteiger partial charge is 0.399 e. The lowest BCUT2D eigenvalue weighted by Crippen LogP contribution is -2.12. The monoisotopic (exact) mass is 265 g/mol. The van der Waals surface area contributed by atoms with E-state index >= 15 is 0 Å². The van der Waals surface area contributed by atoms with Gasteiger partial charge in [-0.2, -0.15) is 0 Å². The van der Waals surface area contributed by atoms with Crippen molar-refractivity contribution in [2.24, 2.45) is 0 Å². The first-order valence-electron chi connectivity index (χ1n) is 6.39. The third kappa shape index (κ3) is 2.12. The quantitative estimate of drug-likeness (QED) is 0.622. The number of nitrogen functional groups attached to an aromatic ring is 1. The number of carbonyl (C=O) groups excluding carboxylic acids is 1. The SMILES string of the molecule is Cc1[nH]c2ccccc2c1NC(=O)c1ccc(N)cc1. The number of hydrogen-bond donors (Lipinski definition) is 3. The van der Waals surface area contributed by atoms with Crippen LogP contribution in [0.2, 0.25) is 0 Å². The van der Waals surface area contributed by atoms with Crippen molar-refractivity contribution in [2.45, 2.75) is 6.92 Å². The summed E-state index contributed by atoms with van der Waals surface area (Å²) in [6.45, 7) is 1.94. The van der Waals surface area contributed by atoms with Crippen LogP contribution in [-0.2, 0) is 0 Å². The van der Waals surface area contributed by atoms with Gasteiger partial charge in [-0.15, -0.1) is 0 Å². The lowest BCUT2D eigenvalue weighted by atomic mass is 10.1. The summed E-state index contributed by atoms with van der Waals surface area (Å²) >= 11 is 0. The van der Waals surface area contributed by atoms with Gasteiger partial charge in [0.25, 0.3) is 5.91 Å². The number of aromatic amines is 1. The second-order valence-electron chi connectivity index (χ2n) is 4.75. The summed E-state index contributed by atoms with van der Waals surface area (Å²) in [5.74, 6) is -0.141. The van der Waals surface area contributed by atoms with Gasteiger partial charge >= 0.3 is 0 Å². The standard InChI is InChI=1S/C16H15N3O/c1-10-15(13-4-2-3-5-14(13)18-10)19-16(20)11-6-8-12(17)9-7-11/h2-9,18H,17H2,1H3,(H,19,20). The van der Waals surface area contributed by atoms with E-state index in [1.807, 2.05) is 31.2 Å². The average molecular weight is 265 g/mol. The van der Waals surface area contributed by atoms with Gasteiger partial charge < -0.3 is 16.0 Å². The zero-order chi connectivity index (χ0) is 14.1. The Labute approximate surface area is 116 Å². The van der Waals surface area contributed by atoms with E-state index in [0.717, 1.165) is 22.3 Å². The van der Waals surface area contributed by atoms with Gasteiger partial charge in [0.2, 0.25) is 0 Å². The minimum atomic E-state index is -0.141. The second kappa shape index (κ2) is 4.74. The van der Waals surface area contributed by atoms with Crippen molar-refractivity contribution in [1.29, 1.82) is 0 Å². The molecule has 0 aliphatic carbocycles.